The average Bonchev–Trinajstić information content (AvgIpc) is 3.29. The summed E-state index contributed by atoms with van der Waals surface area (Å²) in [7, 11) is 1.79. The van der Waals surface area contributed by atoms with Crippen molar-refractivity contribution in [1.29, 1.82) is 0 Å². The molecule has 0 radical (unpaired) electrons. The number of H-pyrrole nitrogens is 1. The Morgan fingerprint density at radius 1 is 1.26 bits per heavy atom. The first kappa shape index (κ1) is 18.3. The molecule has 0 fully saturated rings. The van der Waals surface area contributed by atoms with E-state index in [1.807, 2.05) is 41.1 Å². The lowest BCUT2D eigenvalue weighted by atomic mass is 10.1. The highest BCUT2D eigenvalue weighted by Gasteiger charge is 2.18. The van der Waals surface area contributed by atoms with Gasteiger partial charge in [-0.05, 0) is 12.0 Å². The van der Waals surface area contributed by atoms with Crippen LogP contribution in [-0.2, 0) is 17.8 Å². The van der Waals surface area contributed by atoms with E-state index in [4.69, 9.17) is 5.73 Å². The lowest BCUT2D eigenvalue weighted by Crippen LogP contribution is -2.25. The number of aryl methyl sites for hydroxylation is 1. The molecule has 0 bridgehead atoms. The molecule has 0 atom stereocenters. The number of anilines is 1. The summed E-state index contributed by atoms with van der Waals surface area (Å²) in [6, 6.07) is 11.7. The fraction of sp³-hybridized carbons (Fsp3) is 0.278. The van der Waals surface area contributed by atoms with E-state index in [9.17, 15) is 9.59 Å². The number of hydrogen-bond acceptors (Lipinski definition) is 5. The number of rotatable bonds is 3. The molecule has 4 rings (SSSR count). The van der Waals surface area contributed by atoms with E-state index in [1.165, 1.54) is 0 Å². The molecule has 1 aliphatic heterocycles. The maximum Gasteiger partial charge on any atom is 0.288 e. The Labute approximate surface area is 156 Å². The first-order valence-electron chi connectivity index (χ1n) is 8.58. The van der Waals surface area contributed by atoms with Gasteiger partial charge in [-0.3, -0.25) is 14.7 Å². The van der Waals surface area contributed by atoms with E-state index < -0.39 is 5.91 Å². The van der Waals surface area contributed by atoms with Gasteiger partial charge in [0.05, 0.1) is 6.20 Å². The van der Waals surface area contributed by atoms with Gasteiger partial charge in [-0.2, -0.15) is 5.10 Å². The van der Waals surface area contributed by atoms with Crippen LogP contribution in [0, 0.1) is 0 Å². The largest absolute Gasteiger partial charge is 0.363 e. The quantitative estimate of drug-likeness (QED) is 0.718. The van der Waals surface area contributed by atoms with Gasteiger partial charge in [-0.1, -0.05) is 30.3 Å². The number of amides is 2. The van der Waals surface area contributed by atoms with Gasteiger partial charge in [0.25, 0.3) is 5.91 Å². The van der Waals surface area contributed by atoms with Crippen LogP contribution in [0.25, 0.3) is 0 Å². The molecule has 0 unspecified atom stereocenters. The van der Waals surface area contributed by atoms with Crippen molar-refractivity contribution in [3.63, 3.8) is 0 Å². The molecule has 3 aromatic rings. The van der Waals surface area contributed by atoms with Crippen LogP contribution in [0.1, 0.15) is 34.8 Å². The number of primary amides is 1. The van der Waals surface area contributed by atoms with Crippen molar-refractivity contribution < 1.29 is 9.59 Å². The molecule has 1 aliphatic rings. The van der Waals surface area contributed by atoms with Gasteiger partial charge < -0.3 is 10.6 Å². The molecule has 2 aromatic heterocycles. The summed E-state index contributed by atoms with van der Waals surface area (Å²) in [6.45, 7) is 0.846. The minimum atomic E-state index is -0.620. The Hall–Kier alpha value is -3.49. The predicted molar refractivity (Wildman–Crippen MR) is 99.0 cm³/mol. The van der Waals surface area contributed by atoms with Gasteiger partial charge in [-0.15, -0.1) is 5.10 Å². The number of nitrogens with one attached hydrogen (secondary N) is 1. The lowest BCUT2D eigenvalue weighted by Gasteiger charge is -2.13. The number of hydrogen-bond donors (Lipinski definition) is 2. The third kappa shape index (κ3) is 4.57. The Bertz CT molecular complexity index is 917. The van der Waals surface area contributed by atoms with Crippen molar-refractivity contribution >= 4 is 17.6 Å². The highest BCUT2D eigenvalue weighted by molar-refractivity contribution is 5.92. The Morgan fingerprint density at radius 2 is 2.04 bits per heavy atom. The molecular weight excluding hydrogens is 346 g/mol. The SMILES string of the molecule is CN1C(=O)CCCn2nccc21.NC(=O)c1n[nH]c(Cc2ccccc2)n1. The van der Waals surface area contributed by atoms with Crippen molar-refractivity contribution in [2.75, 3.05) is 11.9 Å². The summed E-state index contributed by atoms with van der Waals surface area (Å²) in [5, 5.41) is 10.5. The second kappa shape index (κ2) is 8.26. The van der Waals surface area contributed by atoms with Crippen LogP contribution in [0.4, 0.5) is 5.82 Å². The van der Waals surface area contributed by atoms with Gasteiger partial charge in [0.15, 0.2) is 0 Å². The second-order valence-electron chi connectivity index (χ2n) is 6.10. The third-order valence-corrected chi connectivity index (χ3v) is 4.14. The van der Waals surface area contributed by atoms with Gasteiger partial charge in [0, 0.05) is 32.5 Å². The molecule has 27 heavy (non-hydrogen) atoms. The number of aromatic nitrogens is 5. The summed E-state index contributed by atoms with van der Waals surface area (Å²) in [6.07, 6.45) is 3.85. The molecule has 0 saturated heterocycles. The molecule has 0 spiro atoms. The molecule has 9 nitrogen and oxygen atoms in total. The fourth-order valence-electron chi connectivity index (χ4n) is 2.73. The molecule has 140 valence electrons. The van der Waals surface area contributed by atoms with E-state index in [2.05, 4.69) is 20.3 Å². The molecule has 3 N–H and O–H groups in total. The molecular formula is C18H21N7O2. The van der Waals surface area contributed by atoms with Crippen LogP contribution >= 0.6 is 0 Å². The monoisotopic (exact) mass is 367 g/mol. The number of nitrogens with zero attached hydrogens (tertiary/aromatic N) is 5. The van der Waals surface area contributed by atoms with Crippen molar-refractivity contribution in [3.8, 4) is 0 Å². The maximum absolute atomic E-state index is 11.4. The van der Waals surface area contributed by atoms with Crippen LogP contribution in [0.3, 0.4) is 0 Å². The van der Waals surface area contributed by atoms with Crippen LogP contribution in [0.2, 0.25) is 0 Å². The van der Waals surface area contributed by atoms with Crippen LogP contribution < -0.4 is 10.6 Å². The highest BCUT2D eigenvalue weighted by Crippen LogP contribution is 2.17. The maximum atomic E-state index is 11.4. The topological polar surface area (TPSA) is 123 Å². The Morgan fingerprint density at radius 3 is 2.74 bits per heavy atom. The number of fused-ring (bicyclic) bond motifs is 1. The van der Waals surface area contributed by atoms with Crippen LogP contribution in [0.5, 0.6) is 0 Å². The second-order valence-corrected chi connectivity index (χ2v) is 6.10. The molecule has 0 saturated carbocycles. The number of carbonyl (C=O) groups excluding carboxylic acids is 2. The van der Waals surface area contributed by atoms with E-state index >= 15 is 0 Å². The minimum Gasteiger partial charge on any atom is -0.363 e. The summed E-state index contributed by atoms with van der Waals surface area (Å²) in [5.41, 5.74) is 6.14. The lowest BCUT2D eigenvalue weighted by molar-refractivity contribution is -0.118. The first-order valence-corrected chi connectivity index (χ1v) is 8.58. The van der Waals surface area contributed by atoms with Gasteiger partial charge >= 0.3 is 0 Å². The van der Waals surface area contributed by atoms with Gasteiger partial charge in [0.1, 0.15) is 11.6 Å². The predicted octanol–water partition coefficient (Wildman–Crippen LogP) is 1.13. The van der Waals surface area contributed by atoms with Crippen molar-refractivity contribution in [3.05, 3.63) is 59.8 Å². The highest BCUT2D eigenvalue weighted by atomic mass is 16.2. The normalized spacial score (nSPS) is 13.4. The van der Waals surface area contributed by atoms with E-state index in [-0.39, 0.29) is 11.7 Å². The Balaban J connectivity index is 0.000000159. The molecule has 3 heterocycles. The number of nitrogens with two attached hydrogens (primary N) is 1. The van der Waals surface area contributed by atoms with Crippen LogP contribution in [0.15, 0.2) is 42.6 Å². The molecule has 1 aromatic carbocycles. The van der Waals surface area contributed by atoms with E-state index in [1.54, 1.807) is 18.1 Å². The van der Waals surface area contributed by atoms with Crippen molar-refractivity contribution in [2.24, 2.45) is 5.73 Å². The summed E-state index contributed by atoms with van der Waals surface area (Å²) >= 11 is 0. The number of aromatic amines is 1. The first-order chi connectivity index (χ1) is 13.0. The summed E-state index contributed by atoms with van der Waals surface area (Å²) in [4.78, 5) is 27.7. The van der Waals surface area contributed by atoms with E-state index in [0.717, 1.165) is 24.3 Å². The number of carbonyl (C=O) groups is 2. The van der Waals surface area contributed by atoms with Gasteiger partial charge in [0.2, 0.25) is 11.7 Å². The Kier molecular flexibility index (Phi) is 5.60. The average molecular weight is 367 g/mol. The smallest absolute Gasteiger partial charge is 0.288 e. The summed E-state index contributed by atoms with van der Waals surface area (Å²) in [5.74, 6) is 1.12. The standard InChI is InChI=1S/C10H10N4O.C8H11N3O/c11-9(15)10-12-8(13-14-10)6-7-4-2-1-3-5-7;1-10-7-4-5-9-11(7)6-2-3-8(10)12/h1-5H,6H2,(H2,11,15)(H,12,13,14);4-5H,2-3,6H2,1H3. The minimum absolute atomic E-state index is 0.0286. The third-order valence-electron chi connectivity index (χ3n) is 4.14. The van der Waals surface area contributed by atoms with E-state index in [0.29, 0.717) is 18.7 Å². The fourth-order valence-corrected chi connectivity index (χ4v) is 2.73. The summed E-state index contributed by atoms with van der Waals surface area (Å²) < 4.78 is 1.87. The van der Waals surface area contributed by atoms with Gasteiger partial charge in [-0.25, -0.2) is 9.67 Å². The molecule has 0 aliphatic carbocycles. The van der Waals surface area contributed by atoms with Crippen molar-refractivity contribution in [2.45, 2.75) is 25.8 Å². The van der Waals surface area contributed by atoms with Crippen LogP contribution in [-0.4, -0.2) is 43.8 Å². The molecule has 2 amide bonds. The van der Waals surface area contributed by atoms with Crippen molar-refractivity contribution in [1.82, 2.24) is 25.0 Å². The zero-order valence-corrected chi connectivity index (χ0v) is 15.0. The zero-order chi connectivity index (χ0) is 19.2. The number of benzene rings is 1. The molecule has 9 heteroatoms. The zero-order valence-electron chi connectivity index (χ0n) is 15.0.